The molecule has 5 heterocycles. The third-order valence-electron chi connectivity index (χ3n) is 22.9. The number of aromatic nitrogens is 3. The molecular formula is C86H135N25O19. The first-order chi connectivity index (χ1) is 61.9. The van der Waals surface area contributed by atoms with E-state index in [4.69, 9.17) is 43.7 Å². The van der Waals surface area contributed by atoms with E-state index < -0.39 is 204 Å². The number of nitrogens with zero attached hydrogens (tertiary/aromatic N) is 3. The molecule has 0 saturated carbocycles. The van der Waals surface area contributed by atoms with Gasteiger partial charge in [-0.15, -0.1) is 0 Å². The average Bonchev–Trinajstić information content (AvgIpc) is 1.64. The summed E-state index contributed by atoms with van der Waals surface area (Å²) >= 11 is 0. The fourth-order valence-electron chi connectivity index (χ4n) is 15.4. The minimum Gasteiger partial charge on any atom is -0.508 e. The van der Waals surface area contributed by atoms with Gasteiger partial charge < -0.3 is 138 Å². The number of aromatic hydroxyl groups is 1. The Balaban J connectivity index is 0.00000637. The maximum absolute atomic E-state index is 15.5. The van der Waals surface area contributed by atoms with Crippen molar-refractivity contribution in [3.63, 3.8) is 0 Å². The smallest absolute Gasteiger partial charge is 0.300 e. The number of carbonyl (C=O) groups excluding carboxylic acids is 14. The Bertz CT molecular complexity index is 4450. The lowest BCUT2D eigenvalue weighted by atomic mass is 9.95. The predicted molar refractivity (Wildman–Crippen MR) is 479 cm³/mol. The van der Waals surface area contributed by atoms with E-state index in [9.17, 15) is 44.1 Å². The standard InChI is InChI=1S/C84H131N25O17.C2H4O2/c1-7-47(5)67-79(123)103-59(37-46(3)4)71(115)96-56(23-15-33-92-83(87)88)70(114)101-61(39-50-41-94-54-20-10-9-19-53(50)54)72(116)98-58(24-16-34-93-84(89)90)82(126)108-35-17-25-65(108)77(121)99-57(22-12-14-32-86)81(125)109-36-18-26-66(109)78(122)104-63(43-110)76(120)102-62(40-51-42-91-45-95-51)74(118)107-68(48(6)8-2)80(124)105-64(44-111)75(119)97-55(21-11-13-31-85)69(113)100-60(73(117)106-67)38-49-27-29-52(112)30-28-49;1-2(3)4/h9-10,19-20,27-30,41-42,45-48,55-68,94,110-112H,7-8,11-18,21-26,31-40,43-44,85-86H2,1-6H3,(H,91,95)(H,96,115)(H,97,119)(H,98,116)(H,99,121)(H,100,113)(H,101,114)(H,102,120)(H,103,123)(H,104,122)(H,105,124)(H,106,117)(H,107,118)(H4,87,88,92)(H4,89,90,93);1H3,(H,3,4)/t47-,48-,55-,56-,57-,58-,59-,60-,61-,62-,63-,64-,65-,66-,67-,68-;/m0./s1. The van der Waals surface area contributed by atoms with Crippen LogP contribution in [0.1, 0.15) is 174 Å². The number of guanidine groups is 2. The van der Waals surface area contributed by atoms with Crippen LogP contribution in [0.25, 0.3) is 10.9 Å². The van der Waals surface area contributed by atoms with Crippen molar-refractivity contribution >= 4 is 111 Å². The van der Waals surface area contributed by atoms with Gasteiger partial charge in [0.05, 0.1) is 25.2 Å². The van der Waals surface area contributed by atoms with Gasteiger partial charge in [0, 0.05) is 75.7 Å². The number of para-hydroxylation sites is 1. The van der Waals surface area contributed by atoms with Crippen molar-refractivity contribution < 1.29 is 92.3 Å². The summed E-state index contributed by atoms with van der Waals surface area (Å²) in [6, 6.07) is -8.29. The number of phenols is 1. The van der Waals surface area contributed by atoms with Crippen LogP contribution >= 0.6 is 0 Å². The highest BCUT2D eigenvalue weighted by Gasteiger charge is 2.45. The molecule has 14 amide bonds. The molecular weight excluding hydrogens is 1690 g/mol. The predicted octanol–water partition coefficient (Wildman–Crippen LogP) is -3.56. The number of nitrogens with one attached hydrogen (secondary N) is 18. The maximum atomic E-state index is 15.5. The number of aromatic amines is 2. The minimum atomic E-state index is -1.82. The number of nitrogens with two attached hydrogens (primary N) is 4. The molecule has 16 atom stereocenters. The van der Waals surface area contributed by atoms with Crippen molar-refractivity contribution in [1.82, 2.24) is 99.2 Å². The second kappa shape index (κ2) is 54.0. The van der Waals surface area contributed by atoms with E-state index in [2.05, 4.69) is 89.4 Å². The normalized spacial score (nSPS) is 24.5. The molecule has 3 aliphatic heterocycles. The number of carboxylic acid groups (broad SMARTS) is 1. The number of hydrogen-bond donors (Lipinski definition) is 26. The highest BCUT2D eigenvalue weighted by atomic mass is 16.4. The van der Waals surface area contributed by atoms with Gasteiger partial charge in [-0.05, 0) is 156 Å². The van der Waals surface area contributed by atoms with Gasteiger partial charge in [-0.25, -0.2) is 4.98 Å². The number of imidazole rings is 1. The lowest BCUT2D eigenvalue weighted by Gasteiger charge is -2.32. The molecule has 3 aliphatic rings. The fourth-order valence-corrected chi connectivity index (χ4v) is 15.4. The highest BCUT2D eigenvalue weighted by molar-refractivity contribution is 6.02. The first-order valence-electron chi connectivity index (χ1n) is 44.5. The number of hydrogen-bond acceptors (Lipinski definition) is 23. The molecule has 2 aromatic carbocycles. The topological polar surface area (TPSA) is 708 Å². The van der Waals surface area contributed by atoms with E-state index >= 15 is 38.4 Å². The Kier molecular flexibility index (Phi) is 44.1. The van der Waals surface area contributed by atoms with Crippen LogP contribution in [-0.4, -0.2) is 283 Å². The summed E-state index contributed by atoms with van der Waals surface area (Å²) in [5.74, 6) is -16.2. The van der Waals surface area contributed by atoms with Gasteiger partial charge in [0.2, 0.25) is 82.7 Å². The molecule has 0 radical (unpaired) electrons. The number of amides is 14. The van der Waals surface area contributed by atoms with Crippen LogP contribution in [0.4, 0.5) is 0 Å². The Morgan fingerprint density at radius 1 is 0.485 bits per heavy atom. The number of unbranched alkanes of at least 4 members (excludes halogenated alkanes) is 2. The number of benzene rings is 2. The van der Waals surface area contributed by atoms with Gasteiger partial charge in [0.15, 0.2) is 11.9 Å². The Hall–Kier alpha value is -12.6. The van der Waals surface area contributed by atoms with Crippen molar-refractivity contribution in [1.29, 1.82) is 10.8 Å². The number of H-pyrrole nitrogens is 2. The van der Waals surface area contributed by atoms with Gasteiger partial charge in [-0.2, -0.15) is 0 Å². The van der Waals surface area contributed by atoms with E-state index in [-0.39, 0.29) is 172 Å². The van der Waals surface area contributed by atoms with Crippen LogP contribution in [0.15, 0.2) is 67.3 Å². The molecule has 4 aromatic rings. The number of rotatable bonds is 30. The Morgan fingerprint density at radius 2 is 0.869 bits per heavy atom. The number of aliphatic carboxylic acids is 1. The molecule has 2 aromatic heterocycles. The first-order valence-corrected chi connectivity index (χ1v) is 44.5. The van der Waals surface area contributed by atoms with Crippen molar-refractivity contribution in [2.75, 3.05) is 52.5 Å². The zero-order valence-electron chi connectivity index (χ0n) is 75.0. The third kappa shape index (κ3) is 33.5. The maximum Gasteiger partial charge on any atom is 0.300 e. The van der Waals surface area contributed by atoms with Gasteiger partial charge in [0.1, 0.15) is 90.3 Å². The van der Waals surface area contributed by atoms with Crippen molar-refractivity contribution in [3.05, 3.63) is 84.1 Å². The van der Waals surface area contributed by atoms with E-state index in [1.54, 1.807) is 72.0 Å². The van der Waals surface area contributed by atoms with Gasteiger partial charge in [-0.3, -0.25) is 82.7 Å². The summed E-state index contributed by atoms with van der Waals surface area (Å²) in [4.78, 5) is 232. The minimum absolute atomic E-state index is 0.00389. The number of carbonyl (C=O) groups is 15. The van der Waals surface area contributed by atoms with Crippen LogP contribution in [0, 0.1) is 28.6 Å². The third-order valence-corrected chi connectivity index (χ3v) is 22.9. The van der Waals surface area contributed by atoms with E-state index in [0.717, 1.165) is 6.92 Å². The number of aliphatic hydroxyl groups excluding tert-OH is 2. The molecule has 30 N–H and O–H groups in total. The number of fused-ring (bicyclic) bond motifs is 3. The van der Waals surface area contributed by atoms with Crippen LogP contribution < -0.4 is 97.4 Å². The second-order valence-corrected chi connectivity index (χ2v) is 33.5. The Morgan fingerprint density at radius 3 is 1.32 bits per heavy atom. The summed E-state index contributed by atoms with van der Waals surface area (Å²) in [5.41, 5.74) is 25.0. The highest BCUT2D eigenvalue weighted by Crippen LogP contribution is 2.26. The molecule has 0 bridgehead atoms. The molecule has 130 heavy (non-hydrogen) atoms. The monoisotopic (exact) mass is 1820 g/mol. The van der Waals surface area contributed by atoms with Crippen LogP contribution in [0.5, 0.6) is 5.75 Å². The van der Waals surface area contributed by atoms with Gasteiger partial charge >= 0.3 is 0 Å². The summed E-state index contributed by atoms with van der Waals surface area (Å²) in [6.45, 7) is 9.63. The van der Waals surface area contributed by atoms with E-state index in [0.29, 0.717) is 41.3 Å². The van der Waals surface area contributed by atoms with Crippen LogP contribution in [-0.2, 0) is 91.2 Å². The van der Waals surface area contributed by atoms with Crippen molar-refractivity contribution in [2.45, 2.75) is 261 Å². The summed E-state index contributed by atoms with van der Waals surface area (Å²) in [6.07, 6.45) is 5.62. The fraction of sp³-hybridized carbons (Fsp3) is 0.605. The molecule has 44 heteroatoms. The molecule has 7 rings (SSSR count). The zero-order chi connectivity index (χ0) is 95.8. The molecule has 0 unspecified atom stereocenters. The number of carboxylic acids is 1. The summed E-state index contributed by atoms with van der Waals surface area (Å²) < 4.78 is 0. The molecule has 0 aliphatic carbocycles. The van der Waals surface area contributed by atoms with Crippen LogP contribution in [0.3, 0.4) is 0 Å². The molecule has 3 saturated heterocycles. The van der Waals surface area contributed by atoms with E-state index in [1.807, 2.05) is 0 Å². The SMILES string of the molecule is CC(=O)O.CC[C@H](C)[C@@H]1NC(=O)[C@H](Cc2ccc(O)cc2)NC(=O)[C@H](CCCCN)NC(=O)[C@H](CO)NC(=O)[C@H]([C@@H](C)CC)NC(=O)[C@H](Cc2c[nH]cn2)NC(=O)[C@H](CO)NC(=O)[C@@H]2CCCN2C(=O)[C@H](CCCCN)NC(=O)[C@@H]2CCCN2C(=O)[C@H](CCCNC(=N)N)NC(=O)[C@H](Cc2c[nH]c3ccccc23)NC(=O)[C@H](CCCNC(=N)N)NC(=O)[C@H](CC(C)C)NC1=O. The lowest BCUT2D eigenvalue weighted by molar-refractivity contribution is -0.145. The summed E-state index contributed by atoms with van der Waals surface area (Å²) in [5, 5.41) is 93.7. The average molecular weight is 1820 g/mol. The van der Waals surface area contributed by atoms with Crippen molar-refractivity contribution in [2.24, 2.45) is 40.7 Å². The van der Waals surface area contributed by atoms with Gasteiger partial charge in [0.25, 0.3) is 5.97 Å². The molecule has 0 spiro atoms. The van der Waals surface area contributed by atoms with Crippen molar-refractivity contribution in [3.8, 4) is 5.75 Å². The zero-order valence-corrected chi connectivity index (χ0v) is 75.0. The summed E-state index contributed by atoms with van der Waals surface area (Å²) in [7, 11) is 0. The van der Waals surface area contributed by atoms with Gasteiger partial charge in [-0.1, -0.05) is 84.7 Å². The van der Waals surface area contributed by atoms with Crippen LogP contribution in [0.2, 0.25) is 0 Å². The second-order valence-electron chi connectivity index (χ2n) is 33.5. The number of phenolic OH excluding ortho intramolecular Hbond substituents is 1. The number of aliphatic hydroxyl groups is 2. The van der Waals surface area contributed by atoms with E-state index in [1.165, 1.54) is 46.6 Å². The Labute approximate surface area is 755 Å². The quantitative estimate of drug-likeness (QED) is 0.0136. The first kappa shape index (κ1) is 106. The molecule has 718 valence electrons. The largest absolute Gasteiger partial charge is 0.508 e. The molecule has 44 nitrogen and oxygen atoms in total. The lowest BCUT2D eigenvalue weighted by Crippen LogP contribution is -2.62. The molecule has 3 fully saturated rings.